The van der Waals surface area contributed by atoms with Gasteiger partial charge < -0.3 is 19.5 Å². The molecule has 0 fully saturated rings. The van der Waals surface area contributed by atoms with E-state index >= 15 is 0 Å². The Bertz CT molecular complexity index is 843. The lowest BCUT2D eigenvalue weighted by atomic mass is 10.1. The molecule has 0 aliphatic carbocycles. The Balaban J connectivity index is 1.92. The van der Waals surface area contributed by atoms with Crippen LogP contribution in [0.5, 0.6) is 17.2 Å². The first kappa shape index (κ1) is 21.1. The van der Waals surface area contributed by atoms with Crippen LogP contribution in [0.1, 0.15) is 30.0 Å². The number of hydrogen-bond donors (Lipinski definition) is 1. The smallest absolute Gasteiger partial charge is 0.234 e. The molecule has 6 heteroatoms. The van der Waals surface area contributed by atoms with Crippen LogP contribution in [0.2, 0.25) is 0 Å². The number of ether oxygens (including phenoxy) is 3. The van der Waals surface area contributed by atoms with E-state index in [2.05, 4.69) is 18.3 Å². The zero-order valence-electron chi connectivity index (χ0n) is 16.6. The van der Waals surface area contributed by atoms with Crippen molar-refractivity contribution in [3.8, 4) is 23.3 Å². The van der Waals surface area contributed by atoms with Gasteiger partial charge in [-0.25, -0.2) is 0 Å². The van der Waals surface area contributed by atoms with Gasteiger partial charge in [0.25, 0.3) is 0 Å². The standard InChI is InChI=1S/C22H26N2O4/c1-4-26-21-14-18(15-24-22(25)10-11-23)8-9-20(21)28-13-12-27-19-7-5-6-16(2)17(19)3/h5-9,14H,4,10,12-13,15H2,1-3H3,(H,24,25). The highest BCUT2D eigenvalue weighted by atomic mass is 16.5. The summed E-state index contributed by atoms with van der Waals surface area (Å²) in [5, 5.41) is 11.2. The van der Waals surface area contributed by atoms with Crippen molar-refractivity contribution in [3.05, 3.63) is 53.1 Å². The number of benzene rings is 2. The molecule has 0 spiro atoms. The second kappa shape index (κ2) is 10.8. The fourth-order valence-electron chi connectivity index (χ4n) is 2.57. The lowest BCUT2D eigenvalue weighted by molar-refractivity contribution is -0.120. The van der Waals surface area contributed by atoms with Crippen molar-refractivity contribution >= 4 is 5.91 Å². The van der Waals surface area contributed by atoms with Crippen molar-refractivity contribution in [2.75, 3.05) is 19.8 Å². The van der Waals surface area contributed by atoms with E-state index in [1.165, 1.54) is 5.56 Å². The molecule has 1 N–H and O–H groups in total. The van der Waals surface area contributed by atoms with Gasteiger partial charge in [-0.1, -0.05) is 18.2 Å². The number of hydrogen-bond acceptors (Lipinski definition) is 5. The maximum atomic E-state index is 11.4. The molecule has 0 unspecified atom stereocenters. The van der Waals surface area contributed by atoms with Crippen molar-refractivity contribution in [2.45, 2.75) is 33.7 Å². The van der Waals surface area contributed by atoms with E-state index < -0.39 is 0 Å². The zero-order valence-corrected chi connectivity index (χ0v) is 16.6. The van der Waals surface area contributed by atoms with E-state index in [-0.39, 0.29) is 12.3 Å². The lowest BCUT2D eigenvalue weighted by Gasteiger charge is -2.15. The predicted molar refractivity (Wildman–Crippen MR) is 107 cm³/mol. The number of carbonyl (C=O) groups excluding carboxylic acids is 1. The fourth-order valence-corrected chi connectivity index (χ4v) is 2.57. The molecular formula is C22H26N2O4. The van der Waals surface area contributed by atoms with Gasteiger partial charge in [-0.2, -0.15) is 5.26 Å². The van der Waals surface area contributed by atoms with Crippen molar-refractivity contribution < 1.29 is 19.0 Å². The lowest BCUT2D eigenvalue weighted by Crippen LogP contribution is -2.21. The summed E-state index contributed by atoms with van der Waals surface area (Å²) >= 11 is 0. The van der Waals surface area contributed by atoms with Gasteiger partial charge in [0, 0.05) is 6.54 Å². The van der Waals surface area contributed by atoms with Crippen molar-refractivity contribution in [2.24, 2.45) is 0 Å². The maximum Gasteiger partial charge on any atom is 0.234 e. The summed E-state index contributed by atoms with van der Waals surface area (Å²) in [6, 6.07) is 13.3. The van der Waals surface area contributed by atoms with Gasteiger partial charge in [0.2, 0.25) is 5.91 Å². The fraction of sp³-hybridized carbons (Fsp3) is 0.364. The van der Waals surface area contributed by atoms with Crippen LogP contribution in [0, 0.1) is 25.2 Å². The molecule has 0 aromatic heterocycles. The van der Waals surface area contributed by atoms with Crippen molar-refractivity contribution in [1.29, 1.82) is 5.26 Å². The van der Waals surface area contributed by atoms with Crippen molar-refractivity contribution in [3.63, 3.8) is 0 Å². The number of rotatable bonds is 10. The average Bonchev–Trinajstić information content (AvgIpc) is 2.68. The Hall–Kier alpha value is -3.20. The number of nitriles is 1. The van der Waals surface area contributed by atoms with Crippen LogP contribution in [-0.2, 0) is 11.3 Å². The Morgan fingerprint density at radius 1 is 1.04 bits per heavy atom. The molecule has 6 nitrogen and oxygen atoms in total. The van der Waals surface area contributed by atoms with E-state index in [4.69, 9.17) is 19.5 Å². The number of carbonyl (C=O) groups is 1. The SMILES string of the molecule is CCOc1cc(CNC(=O)CC#N)ccc1OCCOc1cccc(C)c1C. The van der Waals surface area contributed by atoms with Crippen LogP contribution < -0.4 is 19.5 Å². The quantitative estimate of drug-likeness (QED) is 0.634. The molecule has 0 aliphatic rings. The predicted octanol–water partition coefficient (Wildman–Crippen LogP) is 3.69. The number of amides is 1. The molecule has 1 amide bonds. The molecule has 2 rings (SSSR count). The van der Waals surface area contributed by atoms with Crippen LogP contribution >= 0.6 is 0 Å². The third-order valence-corrected chi connectivity index (χ3v) is 4.19. The zero-order chi connectivity index (χ0) is 20.4. The Labute approximate surface area is 166 Å². The van der Waals surface area contributed by atoms with Crippen LogP contribution in [-0.4, -0.2) is 25.7 Å². The third kappa shape index (κ3) is 6.20. The second-order valence-corrected chi connectivity index (χ2v) is 6.22. The second-order valence-electron chi connectivity index (χ2n) is 6.22. The highest BCUT2D eigenvalue weighted by Gasteiger charge is 2.08. The monoisotopic (exact) mass is 382 g/mol. The first-order valence-electron chi connectivity index (χ1n) is 9.26. The van der Waals surface area contributed by atoms with E-state index in [9.17, 15) is 4.79 Å². The summed E-state index contributed by atoms with van der Waals surface area (Å²) in [7, 11) is 0. The van der Waals surface area contributed by atoms with Crippen molar-refractivity contribution in [1.82, 2.24) is 5.32 Å². The summed E-state index contributed by atoms with van der Waals surface area (Å²) < 4.78 is 17.3. The molecule has 0 aliphatic heterocycles. The average molecular weight is 382 g/mol. The summed E-state index contributed by atoms with van der Waals surface area (Å²) in [6.45, 7) is 7.61. The first-order chi connectivity index (χ1) is 13.5. The number of aryl methyl sites for hydroxylation is 1. The van der Waals surface area contributed by atoms with Crippen LogP contribution in [0.15, 0.2) is 36.4 Å². The highest BCUT2D eigenvalue weighted by Crippen LogP contribution is 2.28. The normalized spacial score (nSPS) is 10.1. The van der Waals surface area contributed by atoms with Gasteiger partial charge in [-0.3, -0.25) is 4.79 Å². The van der Waals surface area contributed by atoms with Gasteiger partial charge in [-0.15, -0.1) is 0 Å². The molecule has 0 saturated heterocycles. The van der Waals surface area contributed by atoms with Gasteiger partial charge in [0.05, 0.1) is 12.7 Å². The van der Waals surface area contributed by atoms with E-state index in [1.54, 1.807) is 0 Å². The molecule has 0 radical (unpaired) electrons. The largest absolute Gasteiger partial charge is 0.490 e. The van der Waals surface area contributed by atoms with Gasteiger partial charge in [-0.05, 0) is 55.7 Å². The maximum absolute atomic E-state index is 11.4. The first-order valence-corrected chi connectivity index (χ1v) is 9.26. The van der Waals surface area contributed by atoms with E-state index in [1.807, 2.05) is 50.2 Å². The highest BCUT2D eigenvalue weighted by molar-refractivity contribution is 5.77. The molecule has 148 valence electrons. The molecular weight excluding hydrogens is 356 g/mol. The van der Waals surface area contributed by atoms with Crippen LogP contribution in [0.3, 0.4) is 0 Å². The molecule has 0 atom stereocenters. The summed E-state index contributed by atoms with van der Waals surface area (Å²) in [6.07, 6.45) is -0.153. The number of nitrogens with zero attached hydrogens (tertiary/aromatic N) is 1. The molecule has 2 aromatic carbocycles. The summed E-state index contributed by atoms with van der Waals surface area (Å²) in [4.78, 5) is 11.4. The van der Waals surface area contributed by atoms with Gasteiger partial charge in [0.1, 0.15) is 25.4 Å². The molecule has 28 heavy (non-hydrogen) atoms. The molecule has 2 aromatic rings. The summed E-state index contributed by atoms with van der Waals surface area (Å²) in [5.41, 5.74) is 3.18. The Morgan fingerprint density at radius 3 is 2.50 bits per heavy atom. The van der Waals surface area contributed by atoms with Crippen LogP contribution in [0.4, 0.5) is 0 Å². The Kier molecular flexibility index (Phi) is 8.16. The summed E-state index contributed by atoms with van der Waals surface area (Å²) in [5.74, 6) is 1.79. The number of nitrogens with one attached hydrogen (secondary N) is 1. The third-order valence-electron chi connectivity index (χ3n) is 4.19. The van der Waals surface area contributed by atoms with Gasteiger partial charge >= 0.3 is 0 Å². The molecule has 0 saturated carbocycles. The Morgan fingerprint density at radius 2 is 1.79 bits per heavy atom. The van der Waals surface area contributed by atoms with E-state index in [0.29, 0.717) is 37.9 Å². The minimum atomic E-state index is -0.302. The minimum Gasteiger partial charge on any atom is -0.490 e. The topological polar surface area (TPSA) is 80.6 Å². The molecule has 0 heterocycles. The van der Waals surface area contributed by atoms with Gasteiger partial charge in [0.15, 0.2) is 11.5 Å². The van der Waals surface area contributed by atoms with Crippen LogP contribution in [0.25, 0.3) is 0 Å². The minimum absolute atomic E-state index is 0.153. The van der Waals surface area contributed by atoms with E-state index in [0.717, 1.165) is 16.9 Å². The molecule has 0 bridgehead atoms.